The fourth-order valence-electron chi connectivity index (χ4n) is 1.39. The molecule has 0 unspecified atom stereocenters. The van der Waals surface area contributed by atoms with Crippen LogP contribution in [-0.2, 0) is 11.2 Å². The highest BCUT2D eigenvalue weighted by molar-refractivity contribution is 5.34. The minimum absolute atomic E-state index is 0.263. The van der Waals surface area contributed by atoms with E-state index in [1.165, 1.54) is 12.1 Å². The van der Waals surface area contributed by atoms with Gasteiger partial charge in [0.2, 0.25) is 0 Å². The first-order chi connectivity index (χ1) is 7.77. The van der Waals surface area contributed by atoms with Crippen molar-refractivity contribution in [3.05, 3.63) is 29.6 Å². The summed E-state index contributed by atoms with van der Waals surface area (Å²) < 4.78 is 23.6. The first-order valence-corrected chi connectivity index (χ1v) is 5.47. The second-order valence-electron chi connectivity index (χ2n) is 3.34. The van der Waals surface area contributed by atoms with Gasteiger partial charge in [-0.15, -0.1) is 0 Å². The van der Waals surface area contributed by atoms with Gasteiger partial charge in [0.1, 0.15) is 18.2 Å². The molecule has 0 amide bonds. The van der Waals surface area contributed by atoms with Crippen LogP contribution >= 0.6 is 0 Å². The van der Waals surface area contributed by atoms with E-state index in [1.807, 2.05) is 6.92 Å². The molecule has 0 radical (unpaired) electrons. The molecule has 2 N–H and O–H groups in total. The molecule has 0 aliphatic carbocycles. The number of benzene rings is 1. The van der Waals surface area contributed by atoms with Crippen LogP contribution in [-0.4, -0.2) is 26.4 Å². The molecule has 0 saturated heterocycles. The zero-order valence-corrected chi connectivity index (χ0v) is 9.54. The summed E-state index contributed by atoms with van der Waals surface area (Å²) in [7, 11) is 0. The zero-order chi connectivity index (χ0) is 11.8. The van der Waals surface area contributed by atoms with Crippen LogP contribution in [0.4, 0.5) is 4.39 Å². The molecule has 0 aliphatic rings. The van der Waals surface area contributed by atoms with Gasteiger partial charge < -0.3 is 15.2 Å². The molecule has 90 valence electrons. The van der Waals surface area contributed by atoms with E-state index < -0.39 is 0 Å². The molecule has 0 atom stereocenters. The summed E-state index contributed by atoms with van der Waals surface area (Å²) >= 11 is 0. The molecule has 0 bridgehead atoms. The van der Waals surface area contributed by atoms with Gasteiger partial charge >= 0.3 is 0 Å². The number of ether oxygens (including phenoxy) is 2. The first-order valence-electron chi connectivity index (χ1n) is 5.47. The lowest BCUT2D eigenvalue weighted by molar-refractivity contribution is 0.110. The van der Waals surface area contributed by atoms with Crippen molar-refractivity contribution in [2.24, 2.45) is 5.73 Å². The molecule has 1 aromatic carbocycles. The molecule has 3 nitrogen and oxygen atoms in total. The highest BCUT2D eigenvalue weighted by atomic mass is 19.1. The van der Waals surface area contributed by atoms with Crippen molar-refractivity contribution in [3.63, 3.8) is 0 Å². The third-order valence-corrected chi connectivity index (χ3v) is 2.13. The van der Waals surface area contributed by atoms with Crippen LogP contribution in [0, 0.1) is 5.82 Å². The number of rotatable bonds is 7. The van der Waals surface area contributed by atoms with Gasteiger partial charge in [-0.05, 0) is 43.7 Å². The average Bonchev–Trinajstić information content (AvgIpc) is 2.27. The third-order valence-electron chi connectivity index (χ3n) is 2.13. The van der Waals surface area contributed by atoms with Crippen molar-refractivity contribution >= 4 is 0 Å². The summed E-state index contributed by atoms with van der Waals surface area (Å²) in [5, 5.41) is 0. The Morgan fingerprint density at radius 1 is 1.31 bits per heavy atom. The Kier molecular flexibility index (Phi) is 5.82. The Balaban J connectivity index is 2.56. The number of nitrogens with two attached hydrogens (primary N) is 1. The maximum Gasteiger partial charge on any atom is 0.123 e. The highest BCUT2D eigenvalue weighted by Gasteiger charge is 2.04. The Morgan fingerprint density at radius 3 is 2.81 bits per heavy atom. The SMILES string of the molecule is CCOCCOc1ccc(F)cc1CCN. The van der Waals surface area contributed by atoms with Gasteiger partial charge in [-0.1, -0.05) is 0 Å². The smallest absolute Gasteiger partial charge is 0.123 e. The molecule has 0 aromatic heterocycles. The van der Waals surface area contributed by atoms with Gasteiger partial charge in [-0.3, -0.25) is 0 Å². The van der Waals surface area contributed by atoms with Crippen LogP contribution in [0.5, 0.6) is 5.75 Å². The Morgan fingerprint density at radius 2 is 2.12 bits per heavy atom. The third kappa shape index (κ3) is 4.16. The van der Waals surface area contributed by atoms with E-state index in [4.69, 9.17) is 15.2 Å². The average molecular weight is 227 g/mol. The van der Waals surface area contributed by atoms with E-state index in [0.29, 0.717) is 38.5 Å². The fourth-order valence-corrected chi connectivity index (χ4v) is 1.39. The molecule has 4 heteroatoms. The molecule has 0 heterocycles. The largest absolute Gasteiger partial charge is 0.491 e. The number of hydrogen-bond donors (Lipinski definition) is 1. The topological polar surface area (TPSA) is 44.5 Å². The Labute approximate surface area is 95.4 Å². The van der Waals surface area contributed by atoms with E-state index in [1.54, 1.807) is 6.07 Å². The monoisotopic (exact) mass is 227 g/mol. The summed E-state index contributed by atoms with van der Waals surface area (Å²) in [5.74, 6) is 0.423. The van der Waals surface area contributed by atoms with Crippen molar-refractivity contribution in [2.75, 3.05) is 26.4 Å². The zero-order valence-electron chi connectivity index (χ0n) is 9.54. The minimum atomic E-state index is -0.263. The lowest BCUT2D eigenvalue weighted by Crippen LogP contribution is -2.09. The van der Waals surface area contributed by atoms with E-state index >= 15 is 0 Å². The molecule has 1 rings (SSSR count). The van der Waals surface area contributed by atoms with E-state index in [0.717, 1.165) is 5.56 Å². The molecule has 1 aromatic rings. The maximum absolute atomic E-state index is 13.0. The van der Waals surface area contributed by atoms with Crippen LogP contribution < -0.4 is 10.5 Å². The van der Waals surface area contributed by atoms with Crippen LogP contribution in [0.25, 0.3) is 0 Å². The van der Waals surface area contributed by atoms with Gasteiger partial charge in [-0.2, -0.15) is 0 Å². The van der Waals surface area contributed by atoms with Crippen LogP contribution in [0.2, 0.25) is 0 Å². The van der Waals surface area contributed by atoms with Crippen molar-refractivity contribution in [1.82, 2.24) is 0 Å². The molecular formula is C12H18FNO2. The molecule has 0 saturated carbocycles. The van der Waals surface area contributed by atoms with E-state index in [2.05, 4.69) is 0 Å². The Hall–Kier alpha value is -1.13. The normalized spacial score (nSPS) is 10.4. The van der Waals surface area contributed by atoms with Crippen molar-refractivity contribution in [1.29, 1.82) is 0 Å². The summed E-state index contributed by atoms with van der Waals surface area (Å²) in [4.78, 5) is 0. The van der Waals surface area contributed by atoms with E-state index in [-0.39, 0.29) is 5.82 Å². The summed E-state index contributed by atoms with van der Waals surface area (Å²) in [6.07, 6.45) is 0.613. The molecule has 0 aliphatic heterocycles. The Bertz CT molecular complexity index is 318. The quantitative estimate of drug-likeness (QED) is 0.722. The lowest BCUT2D eigenvalue weighted by Gasteiger charge is -2.11. The number of hydrogen-bond acceptors (Lipinski definition) is 3. The summed E-state index contributed by atoms with van der Waals surface area (Å²) in [6.45, 7) is 4.08. The highest BCUT2D eigenvalue weighted by Crippen LogP contribution is 2.19. The second kappa shape index (κ2) is 7.19. The standard InChI is InChI=1S/C12H18FNO2/c1-2-15-7-8-16-12-4-3-11(13)9-10(12)5-6-14/h3-4,9H,2,5-8,14H2,1H3. The molecule has 0 spiro atoms. The minimum Gasteiger partial charge on any atom is -0.491 e. The number of halogens is 1. The van der Waals surface area contributed by atoms with Gasteiger partial charge in [0, 0.05) is 6.61 Å². The van der Waals surface area contributed by atoms with Crippen LogP contribution in [0.1, 0.15) is 12.5 Å². The predicted molar refractivity (Wildman–Crippen MR) is 61.1 cm³/mol. The summed E-state index contributed by atoms with van der Waals surface area (Å²) in [5.41, 5.74) is 6.26. The lowest BCUT2D eigenvalue weighted by atomic mass is 10.1. The van der Waals surface area contributed by atoms with E-state index in [9.17, 15) is 4.39 Å². The molecule has 0 fully saturated rings. The summed E-state index contributed by atoms with van der Waals surface area (Å²) in [6, 6.07) is 4.48. The molecule has 16 heavy (non-hydrogen) atoms. The first kappa shape index (κ1) is 12.9. The van der Waals surface area contributed by atoms with Crippen molar-refractivity contribution in [3.8, 4) is 5.75 Å². The van der Waals surface area contributed by atoms with Gasteiger partial charge in [0.05, 0.1) is 6.61 Å². The molecular weight excluding hydrogens is 209 g/mol. The maximum atomic E-state index is 13.0. The fraction of sp³-hybridized carbons (Fsp3) is 0.500. The van der Waals surface area contributed by atoms with Gasteiger partial charge in [-0.25, -0.2) is 4.39 Å². The van der Waals surface area contributed by atoms with Gasteiger partial charge in [0.25, 0.3) is 0 Å². The van der Waals surface area contributed by atoms with Gasteiger partial charge in [0.15, 0.2) is 0 Å². The second-order valence-corrected chi connectivity index (χ2v) is 3.34. The van der Waals surface area contributed by atoms with Crippen LogP contribution in [0.15, 0.2) is 18.2 Å². The predicted octanol–water partition coefficient (Wildman–Crippen LogP) is 1.74. The van der Waals surface area contributed by atoms with Crippen LogP contribution in [0.3, 0.4) is 0 Å². The van der Waals surface area contributed by atoms with Crippen molar-refractivity contribution in [2.45, 2.75) is 13.3 Å². The van der Waals surface area contributed by atoms with Crippen molar-refractivity contribution < 1.29 is 13.9 Å².